The zero-order valence-corrected chi connectivity index (χ0v) is 17.4. The predicted octanol–water partition coefficient (Wildman–Crippen LogP) is 3.07. The Morgan fingerprint density at radius 3 is 2.48 bits per heavy atom. The van der Waals surface area contributed by atoms with Crippen LogP contribution in [-0.2, 0) is 14.4 Å². The van der Waals surface area contributed by atoms with Crippen molar-refractivity contribution >= 4 is 69.8 Å². The first-order valence-corrected chi connectivity index (χ1v) is 9.53. The van der Waals surface area contributed by atoms with Crippen molar-refractivity contribution in [2.45, 2.75) is 0 Å². The van der Waals surface area contributed by atoms with Gasteiger partial charge in [0.25, 0.3) is 11.8 Å². The van der Waals surface area contributed by atoms with E-state index < -0.39 is 30.4 Å². The number of nitrogens with zero attached hydrogens (tertiary/aromatic N) is 1. The van der Waals surface area contributed by atoms with Crippen LogP contribution in [0.4, 0.5) is 10.5 Å². The zero-order valence-electron chi connectivity index (χ0n) is 14.5. The van der Waals surface area contributed by atoms with Crippen molar-refractivity contribution in [3.05, 3.63) is 62.2 Å². The minimum absolute atomic E-state index is 0.227. The standard InChI is InChI=1S/C19H12ClIN2O6/c20-11-2-4-12(5-3-11)23-18(27)13(17(26)22-19(23)28)7-10-1-6-15(14(21)8-10)29-9-16(24)25/h1-8H,9H2,(H,24,25)(H,22,26,28)/b13-7+. The largest absolute Gasteiger partial charge is 0.481 e. The Morgan fingerprint density at radius 2 is 1.86 bits per heavy atom. The third-order valence-corrected chi connectivity index (χ3v) is 4.90. The van der Waals surface area contributed by atoms with Gasteiger partial charge in [-0.05, 0) is 70.6 Å². The average molecular weight is 527 g/mol. The Bertz CT molecular complexity index is 1050. The van der Waals surface area contributed by atoms with E-state index in [1.807, 2.05) is 22.6 Å². The number of urea groups is 1. The topological polar surface area (TPSA) is 113 Å². The SMILES string of the molecule is O=C(O)COc1ccc(/C=C2\C(=O)NC(=O)N(c3ccc(Cl)cc3)C2=O)cc1I. The summed E-state index contributed by atoms with van der Waals surface area (Å²) in [4.78, 5) is 48.7. The van der Waals surface area contributed by atoms with E-state index >= 15 is 0 Å². The first kappa shape index (κ1) is 20.8. The fourth-order valence-corrected chi connectivity index (χ4v) is 3.33. The number of carbonyl (C=O) groups is 4. The Balaban J connectivity index is 1.91. The molecule has 2 aromatic carbocycles. The molecule has 0 bridgehead atoms. The van der Waals surface area contributed by atoms with Gasteiger partial charge in [0.15, 0.2) is 6.61 Å². The first-order valence-electron chi connectivity index (χ1n) is 8.07. The van der Waals surface area contributed by atoms with E-state index in [1.54, 1.807) is 12.1 Å². The lowest BCUT2D eigenvalue weighted by Gasteiger charge is -2.26. The molecule has 2 N–H and O–H groups in total. The van der Waals surface area contributed by atoms with Crippen LogP contribution in [0.25, 0.3) is 6.08 Å². The number of carbonyl (C=O) groups excluding carboxylic acids is 3. The van der Waals surface area contributed by atoms with Gasteiger partial charge in [0, 0.05) is 5.02 Å². The molecule has 0 aromatic heterocycles. The number of hydrogen-bond acceptors (Lipinski definition) is 5. The number of hydrogen-bond donors (Lipinski definition) is 2. The van der Waals surface area contributed by atoms with Gasteiger partial charge in [-0.25, -0.2) is 14.5 Å². The summed E-state index contributed by atoms with van der Waals surface area (Å²) < 4.78 is 5.74. The van der Waals surface area contributed by atoms with Crippen LogP contribution in [0, 0.1) is 3.57 Å². The van der Waals surface area contributed by atoms with E-state index in [0.717, 1.165) is 4.90 Å². The van der Waals surface area contributed by atoms with Gasteiger partial charge in [-0.2, -0.15) is 0 Å². The molecule has 1 aliphatic heterocycles. The van der Waals surface area contributed by atoms with Crippen LogP contribution in [0.5, 0.6) is 5.75 Å². The Morgan fingerprint density at radius 1 is 1.17 bits per heavy atom. The summed E-state index contributed by atoms with van der Waals surface area (Å²) in [5.74, 6) is -2.34. The molecular formula is C19H12ClIN2O6. The van der Waals surface area contributed by atoms with E-state index in [0.29, 0.717) is 19.9 Å². The molecule has 8 nitrogen and oxygen atoms in total. The highest BCUT2D eigenvalue weighted by molar-refractivity contribution is 14.1. The fourth-order valence-electron chi connectivity index (χ4n) is 2.51. The van der Waals surface area contributed by atoms with Crippen LogP contribution >= 0.6 is 34.2 Å². The van der Waals surface area contributed by atoms with Gasteiger partial charge in [0.05, 0.1) is 9.26 Å². The molecule has 0 spiro atoms. The minimum Gasteiger partial charge on any atom is -0.481 e. The lowest BCUT2D eigenvalue weighted by atomic mass is 10.1. The van der Waals surface area contributed by atoms with E-state index in [9.17, 15) is 19.2 Å². The summed E-state index contributed by atoms with van der Waals surface area (Å²) >= 11 is 7.78. The summed E-state index contributed by atoms with van der Waals surface area (Å²) in [5, 5.41) is 11.3. The Hall–Kier alpha value is -2.92. The average Bonchev–Trinajstić information content (AvgIpc) is 2.65. The second-order valence-corrected chi connectivity index (χ2v) is 7.41. The quantitative estimate of drug-likeness (QED) is 0.352. The second-order valence-electron chi connectivity index (χ2n) is 5.81. The van der Waals surface area contributed by atoms with Crippen molar-refractivity contribution in [3.63, 3.8) is 0 Å². The molecule has 1 heterocycles. The normalized spacial score (nSPS) is 15.4. The lowest BCUT2D eigenvalue weighted by molar-refractivity contribution is -0.139. The third kappa shape index (κ3) is 4.74. The first-order chi connectivity index (χ1) is 13.8. The molecule has 1 aliphatic rings. The van der Waals surface area contributed by atoms with Gasteiger partial charge < -0.3 is 9.84 Å². The van der Waals surface area contributed by atoms with E-state index in [-0.39, 0.29) is 11.3 Å². The van der Waals surface area contributed by atoms with Crippen molar-refractivity contribution < 1.29 is 29.0 Å². The zero-order chi connectivity index (χ0) is 21.1. The van der Waals surface area contributed by atoms with Crippen LogP contribution in [0.1, 0.15) is 5.56 Å². The maximum atomic E-state index is 12.8. The molecule has 1 fully saturated rings. The van der Waals surface area contributed by atoms with Crippen molar-refractivity contribution in [3.8, 4) is 5.75 Å². The highest BCUT2D eigenvalue weighted by Gasteiger charge is 2.36. The summed E-state index contributed by atoms with van der Waals surface area (Å²) in [6.07, 6.45) is 1.34. The van der Waals surface area contributed by atoms with Crippen LogP contribution in [0.2, 0.25) is 5.02 Å². The number of imide groups is 2. The smallest absolute Gasteiger partial charge is 0.341 e. The molecule has 29 heavy (non-hydrogen) atoms. The van der Waals surface area contributed by atoms with Gasteiger partial charge >= 0.3 is 12.0 Å². The van der Waals surface area contributed by atoms with Crippen molar-refractivity contribution in [1.29, 1.82) is 0 Å². The Kier molecular flexibility index (Phi) is 6.18. The number of benzene rings is 2. The summed E-state index contributed by atoms with van der Waals surface area (Å²) in [7, 11) is 0. The monoisotopic (exact) mass is 526 g/mol. The van der Waals surface area contributed by atoms with E-state index in [1.165, 1.54) is 36.4 Å². The van der Waals surface area contributed by atoms with Crippen LogP contribution in [0.3, 0.4) is 0 Å². The number of carboxylic acid groups (broad SMARTS) is 1. The molecule has 0 saturated carbocycles. The number of halogens is 2. The number of nitrogens with one attached hydrogen (secondary N) is 1. The van der Waals surface area contributed by atoms with E-state index in [2.05, 4.69) is 5.32 Å². The van der Waals surface area contributed by atoms with Gasteiger partial charge in [0.1, 0.15) is 11.3 Å². The minimum atomic E-state index is -1.11. The lowest BCUT2D eigenvalue weighted by Crippen LogP contribution is -2.54. The molecule has 3 rings (SSSR count). The molecule has 0 aliphatic carbocycles. The highest BCUT2D eigenvalue weighted by Crippen LogP contribution is 2.26. The third-order valence-electron chi connectivity index (χ3n) is 3.80. The van der Waals surface area contributed by atoms with Crippen LogP contribution in [0.15, 0.2) is 48.0 Å². The van der Waals surface area contributed by atoms with Crippen molar-refractivity contribution in [2.24, 2.45) is 0 Å². The van der Waals surface area contributed by atoms with Crippen molar-refractivity contribution in [2.75, 3.05) is 11.5 Å². The number of barbiturate groups is 1. The summed E-state index contributed by atoms with van der Waals surface area (Å²) in [6, 6.07) is 9.89. The maximum absolute atomic E-state index is 12.8. The van der Waals surface area contributed by atoms with E-state index in [4.69, 9.17) is 21.4 Å². The second kappa shape index (κ2) is 8.62. The Labute approximate surface area is 183 Å². The molecule has 2 aromatic rings. The molecule has 1 saturated heterocycles. The molecule has 0 unspecified atom stereocenters. The number of ether oxygens (including phenoxy) is 1. The molecule has 4 amide bonds. The molecular weight excluding hydrogens is 515 g/mol. The molecule has 0 atom stereocenters. The number of amides is 4. The van der Waals surface area contributed by atoms with Gasteiger partial charge in [0.2, 0.25) is 0 Å². The fraction of sp³-hybridized carbons (Fsp3) is 0.0526. The molecule has 0 radical (unpaired) electrons. The van der Waals surface area contributed by atoms with Gasteiger partial charge in [-0.3, -0.25) is 14.9 Å². The van der Waals surface area contributed by atoms with Crippen LogP contribution in [-0.4, -0.2) is 35.5 Å². The van der Waals surface area contributed by atoms with Crippen LogP contribution < -0.4 is 15.0 Å². The predicted molar refractivity (Wildman–Crippen MR) is 113 cm³/mol. The number of aliphatic carboxylic acids is 1. The maximum Gasteiger partial charge on any atom is 0.341 e. The van der Waals surface area contributed by atoms with Gasteiger partial charge in [-0.15, -0.1) is 0 Å². The molecule has 148 valence electrons. The number of anilines is 1. The molecule has 10 heteroatoms. The summed E-state index contributed by atoms with van der Waals surface area (Å²) in [6.45, 7) is -0.491. The summed E-state index contributed by atoms with van der Waals surface area (Å²) in [5.41, 5.74) is 0.540. The number of rotatable bonds is 5. The highest BCUT2D eigenvalue weighted by atomic mass is 127. The van der Waals surface area contributed by atoms with Gasteiger partial charge in [-0.1, -0.05) is 17.7 Å². The van der Waals surface area contributed by atoms with Crippen molar-refractivity contribution in [1.82, 2.24) is 5.32 Å². The number of carboxylic acids is 1.